The predicted molar refractivity (Wildman–Crippen MR) is 77.6 cm³/mol. The molecule has 0 aliphatic heterocycles. The van der Waals surface area contributed by atoms with Gasteiger partial charge < -0.3 is 9.67 Å². The highest BCUT2D eigenvalue weighted by atomic mass is 32.2. The molecule has 0 amide bonds. The second-order valence-corrected chi connectivity index (χ2v) is 5.46. The van der Waals surface area contributed by atoms with E-state index in [2.05, 4.69) is 20.4 Å². The SMILES string of the molecule is CCc1nnc(Sc2nnc(C)n2C)c(C(=O)O)c1CC. The van der Waals surface area contributed by atoms with Gasteiger partial charge in [0, 0.05) is 7.05 Å². The molecule has 112 valence electrons. The van der Waals surface area contributed by atoms with Gasteiger partial charge in [0.15, 0.2) is 5.16 Å². The first-order chi connectivity index (χ1) is 9.99. The zero-order valence-electron chi connectivity index (χ0n) is 12.4. The van der Waals surface area contributed by atoms with Crippen LogP contribution in [-0.4, -0.2) is 36.0 Å². The Bertz CT molecular complexity index is 683. The quantitative estimate of drug-likeness (QED) is 0.901. The van der Waals surface area contributed by atoms with Crippen LogP contribution in [0, 0.1) is 6.92 Å². The molecule has 2 rings (SSSR count). The Morgan fingerprint density at radius 1 is 1.19 bits per heavy atom. The molecule has 0 saturated carbocycles. The van der Waals surface area contributed by atoms with Crippen LogP contribution in [0.5, 0.6) is 0 Å². The van der Waals surface area contributed by atoms with Crippen molar-refractivity contribution in [2.24, 2.45) is 7.05 Å². The maximum Gasteiger partial charge on any atom is 0.338 e. The Balaban J connectivity index is 2.53. The number of carbonyl (C=O) groups is 1. The molecule has 0 aromatic carbocycles. The van der Waals surface area contributed by atoms with Crippen molar-refractivity contribution in [3.8, 4) is 0 Å². The molecule has 7 nitrogen and oxygen atoms in total. The van der Waals surface area contributed by atoms with Gasteiger partial charge in [0.25, 0.3) is 0 Å². The van der Waals surface area contributed by atoms with Crippen molar-refractivity contribution in [1.29, 1.82) is 0 Å². The zero-order valence-corrected chi connectivity index (χ0v) is 13.2. The van der Waals surface area contributed by atoms with E-state index in [9.17, 15) is 9.90 Å². The van der Waals surface area contributed by atoms with Crippen LogP contribution in [0.1, 0.15) is 41.3 Å². The van der Waals surface area contributed by atoms with Gasteiger partial charge in [-0.25, -0.2) is 4.79 Å². The van der Waals surface area contributed by atoms with E-state index in [0.29, 0.717) is 23.0 Å². The summed E-state index contributed by atoms with van der Waals surface area (Å²) in [5.74, 6) is -0.235. The maximum absolute atomic E-state index is 11.6. The van der Waals surface area contributed by atoms with E-state index in [1.807, 2.05) is 27.8 Å². The van der Waals surface area contributed by atoms with Gasteiger partial charge in [0.1, 0.15) is 10.9 Å². The minimum absolute atomic E-state index is 0.218. The van der Waals surface area contributed by atoms with Gasteiger partial charge in [-0.1, -0.05) is 13.8 Å². The van der Waals surface area contributed by atoms with Crippen LogP contribution in [0.2, 0.25) is 0 Å². The number of rotatable bonds is 5. The highest BCUT2D eigenvalue weighted by molar-refractivity contribution is 7.99. The molecule has 0 bridgehead atoms. The maximum atomic E-state index is 11.6. The van der Waals surface area contributed by atoms with Gasteiger partial charge in [-0.2, -0.15) is 5.10 Å². The molecule has 21 heavy (non-hydrogen) atoms. The van der Waals surface area contributed by atoms with E-state index >= 15 is 0 Å². The molecular weight excluding hydrogens is 290 g/mol. The fourth-order valence-electron chi connectivity index (χ4n) is 2.01. The minimum Gasteiger partial charge on any atom is -0.478 e. The molecule has 0 spiro atoms. The Hall–Kier alpha value is -1.96. The number of carboxylic acid groups (broad SMARTS) is 1. The molecule has 2 aromatic heterocycles. The van der Waals surface area contributed by atoms with Gasteiger partial charge in [-0.3, -0.25) is 0 Å². The molecule has 8 heteroatoms. The van der Waals surface area contributed by atoms with Gasteiger partial charge >= 0.3 is 5.97 Å². The van der Waals surface area contributed by atoms with Crippen LogP contribution in [0.4, 0.5) is 0 Å². The fourth-order valence-corrected chi connectivity index (χ4v) is 2.93. The molecule has 0 unspecified atom stereocenters. The van der Waals surface area contributed by atoms with E-state index in [1.165, 1.54) is 11.8 Å². The molecular formula is C13H17N5O2S. The summed E-state index contributed by atoms with van der Waals surface area (Å²) in [6.07, 6.45) is 1.26. The van der Waals surface area contributed by atoms with E-state index in [4.69, 9.17) is 0 Å². The van der Waals surface area contributed by atoms with Gasteiger partial charge in [-0.05, 0) is 37.1 Å². The fraction of sp³-hybridized carbons (Fsp3) is 0.462. The number of hydrogen-bond donors (Lipinski definition) is 1. The van der Waals surface area contributed by atoms with Crippen molar-refractivity contribution in [2.75, 3.05) is 0 Å². The highest BCUT2D eigenvalue weighted by Gasteiger charge is 2.22. The number of carboxylic acids is 1. The normalized spacial score (nSPS) is 10.9. The van der Waals surface area contributed by atoms with Crippen molar-refractivity contribution >= 4 is 17.7 Å². The first-order valence-electron chi connectivity index (χ1n) is 6.65. The largest absolute Gasteiger partial charge is 0.478 e. The summed E-state index contributed by atoms with van der Waals surface area (Å²) in [6, 6.07) is 0. The molecule has 2 heterocycles. The van der Waals surface area contributed by atoms with Crippen LogP contribution >= 0.6 is 11.8 Å². The van der Waals surface area contributed by atoms with E-state index in [0.717, 1.165) is 17.1 Å². The number of hydrogen-bond acceptors (Lipinski definition) is 6. The second kappa shape index (κ2) is 6.21. The Labute approximate surface area is 126 Å². The van der Waals surface area contributed by atoms with Crippen molar-refractivity contribution in [3.05, 3.63) is 22.6 Å². The summed E-state index contributed by atoms with van der Waals surface area (Å²) in [6.45, 7) is 5.69. The first kappa shape index (κ1) is 15.4. The Kier molecular flexibility index (Phi) is 4.56. The molecule has 0 fully saturated rings. The van der Waals surface area contributed by atoms with Crippen molar-refractivity contribution in [3.63, 3.8) is 0 Å². The standard InChI is InChI=1S/C13H17N5O2S/c1-5-8-9(6-2)15-16-11(10(8)12(19)20)21-13-17-14-7(3)18(13)4/h5-6H2,1-4H3,(H,19,20). The second-order valence-electron chi connectivity index (χ2n) is 4.51. The van der Waals surface area contributed by atoms with Gasteiger partial charge in [-0.15, -0.1) is 15.3 Å². The van der Waals surface area contributed by atoms with E-state index < -0.39 is 5.97 Å². The van der Waals surface area contributed by atoms with Gasteiger partial charge in [0.05, 0.1) is 11.3 Å². The molecule has 0 radical (unpaired) electrons. The third-order valence-electron chi connectivity index (χ3n) is 3.27. The Morgan fingerprint density at radius 3 is 2.38 bits per heavy atom. The van der Waals surface area contributed by atoms with Crippen LogP contribution < -0.4 is 0 Å². The molecule has 0 atom stereocenters. The number of aromatic nitrogens is 5. The molecule has 0 aliphatic rings. The topological polar surface area (TPSA) is 93.8 Å². The first-order valence-corrected chi connectivity index (χ1v) is 7.46. The monoisotopic (exact) mass is 307 g/mol. The van der Waals surface area contributed by atoms with Crippen LogP contribution in [0.25, 0.3) is 0 Å². The summed E-state index contributed by atoms with van der Waals surface area (Å²) in [4.78, 5) is 11.6. The van der Waals surface area contributed by atoms with Crippen molar-refractivity contribution in [2.45, 2.75) is 43.8 Å². The highest BCUT2D eigenvalue weighted by Crippen LogP contribution is 2.30. The van der Waals surface area contributed by atoms with E-state index in [1.54, 1.807) is 4.57 Å². The molecule has 0 saturated heterocycles. The Morgan fingerprint density at radius 2 is 1.90 bits per heavy atom. The van der Waals surface area contributed by atoms with Crippen molar-refractivity contribution in [1.82, 2.24) is 25.0 Å². The van der Waals surface area contributed by atoms with Crippen LogP contribution in [-0.2, 0) is 19.9 Å². The lowest BCUT2D eigenvalue weighted by Crippen LogP contribution is -2.12. The predicted octanol–water partition coefficient (Wildman–Crippen LogP) is 1.89. The lowest BCUT2D eigenvalue weighted by Gasteiger charge is -2.11. The molecule has 2 aromatic rings. The zero-order chi connectivity index (χ0) is 15.6. The lowest BCUT2D eigenvalue weighted by atomic mass is 10.0. The van der Waals surface area contributed by atoms with Gasteiger partial charge in [0.2, 0.25) is 0 Å². The minimum atomic E-state index is -0.988. The summed E-state index contributed by atoms with van der Waals surface area (Å²) in [5.41, 5.74) is 1.68. The lowest BCUT2D eigenvalue weighted by molar-refractivity contribution is 0.0690. The number of aromatic carboxylic acids is 1. The number of nitrogens with zero attached hydrogens (tertiary/aromatic N) is 5. The third kappa shape index (κ3) is 2.90. The van der Waals surface area contributed by atoms with Crippen LogP contribution in [0.3, 0.4) is 0 Å². The summed E-state index contributed by atoms with van der Waals surface area (Å²) in [5, 5.41) is 26.7. The average Bonchev–Trinajstić information content (AvgIpc) is 2.78. The third-order valence-corrected chi connectivity index (χ3v) is 4.29. The van der Waals surface area contributed by atoms with Crippen LogP contribution in [0.15, 0.2) is 10.2 Å². The summed E-state index contributed by atoms with van der Waals surface area (Å²) in [7, 11) is 1.83. The number of aryl methyl sites for hydroxylation is 2. The average molecular weight is 307 g/mol. The van der Waals surface area contributed by atoms with Crippen molar-refractivity contribution < 1.29 is 9.90 Å². The summed E-state index contributed by atoms with van der Waals surface area (Å²) < 4.78 is 1.79. The van der Waals surface area contributed by atoms with E-state index in [-0.39, 0.29) is 5.56 Å². The smallest absolute Gasteiger partial charge is 0.338 e. The molecule has 1 N–H and O–H groups in total. The summed E-state index contributed by atoms with van der Waals surface area (Å²) >= 11 is 1.17. The molecule has 0 aliphatic carbocycles.